The molecule has 1 aliphatic carbocycles. The van der Waals surface area contributed by atoms with Gasteiger partial charge in [0.05, 0.1) is 46.9 Å². The molecule has 2 aromatic heterocycles. The first-order chi connectivity index (χ1) is 20.2. The van der Waals surface area contributed by atoms with E-state index in [1.165, 1.54) is 0 Å². The quantitative estimate of drug-likeness (QED) is 0.209. The number of phenolic OH excluding ortho intramolecular Hbond substituents is 1. The van der Waals surface area contributed by atoms with Gasteiger partial charge in [-0.2, -0.15) is 0 Å². The van der Waals surface area contributed by atoms with E-state index in [9.17, 15) is 18.3 Å². The van der Waals surface area contributed by atoms with Crippen LogP contribution >= 0.6 is 0 Å². The number of fused-ring (bicyclic) bond motifs is 4. The number of nitrogens with one attached hydrogen (secondary N) is 2. The van der Waals surface area contributed by atoms with E-state index in [-0.39, 0.29) is 11.5 Å². The summed E-state index contributed by atoms with van der Waals surface area (Å²) in [6.45, 7) is 6.33. The number of rotatable bonds is 9. The zero-order valence-corrected chi connectivity index (χ0v) is 24.3. The van der Waals surface area contributed by atoms with Crippen molar-refractivity contribution in [2.45, 2.75) is 38.9 Å². The van der Waals surface area contributed by atoms with Crippen molar-refractivity contribution < 1.29 is 27.8 Å². The lowest BCUT2D eigenvalue weighted by Gasteiger charge is -2.28. The van der Waals surface area contributed by atoms with E-state index in [0.717, 1.165) is 22.3 Å². The van der Waals surface area contributed by atoms with Crippen molar-refractivity contribution in [3.05, 3.63) is 83.0 Å². The largest absolute Gasteiger partial charge is 0.504 e. The van der Waals surface area contributed by atoms with Gasteiger partial charge in [0.2, 0.25) is 21.8 Å². The van der Waals surface area contributed by atoms with Gasteiger partial charge in [0, 0.05) is 17.1 Å². The molecule has 1 amide bonds. The number of aromatic amines is 1. The molecule has 0 saturated carbocycles. The normalized spacial score (nSPS) is 14.4. The number of aryl methyl sites for hydroxylation is 1. The van der Waals surface area contributed by atoms with Gasteiger partial charge in [-0.05, 0) is 61.6 Å². The molecule has 5 aromatic rings. The van der Waals surface area contributed by atoms with Crippen molar-refractivity contribution in [1.29, 1.82) is 0 Å². The zero-order valence-electron chi connectivity index (χ0n) is 23.5. The Kier molecular flexibility index (Phi) is 7.02. The van der Waals surface area contributed by atoms with Crippen LogP contribution in [0.3, 0.4) is 0 Å². The van der Waals surface area contributed by atoms with Gasteiger partial charge < -0.3 is 19.6 Å². The molecule has 1 unspecified atom stereocenters. The van der Waals surface area contributed by atoms with Crippen molar-refractivity contribution in [2.24, 2.45) is 0 Å². The van der Waals surface area contributed by atoms with Crippen LogP contribution in [-0.2, 0) is 27.0 Å². The molecule has 0 saturated heterocycles. The lowest BCUT2D eigenvalue weighted by atomic mass is 9.77. The predicted octanol–water partition coefficient (Wildman–Crippen LogP) is 5.48. The van der Waals surface area contributed by atoms with E-state index in [4.69, 9.17) is 9.47 Å². The van der Waals surface area contributed by atoms with E-state index in [1.807, 2.05) is 51.1 Å². The fourth-order valence-electron chi connectivity index (χ4n) is 5.78. The highest BCUT2D eigenvalue weighted by Crippen LogP contribution is 2.49. The summed E-state index contributed by atoms with van der Waals surface area (Å²) in [6, 6.07) is 16.5. The summed E-state index contributed by atoms with van der Waals surface area (Å²) >= 11 is 0. The highest BCUT2D eigenvalue weighted by Gasteiger charge is 2.34. The molecule has 2 heterocycles. The van der Waals surface area contributed by atoms with Gasteiger partial charge >= 0.3 is 0 Å². The number of aromatic hydroxyl groups is 1. The molecule has 0 fully saturated rings. The molecule has 3 N–H and O–H groups in total. The van der Waals surface area contributed by atoms with E-state index in [0.29, 0.717) is 64.2 Å². The van der Waals surface area contributed by atoms with Crippen molar-refractivity contribution in [3.8, 4) is 28.6 Å². The number of hydrogen-bond acceptors (Lipinski definition) is 7. The number of carbonyl (C=O) groups excluding carboxylic acids is 1. The van der Waals surface area contributed by atoms with Crippen molar-refractivity contribution in [1.82, 2.24) is 14.7 Å². The summed E-state index contributed by atoms with van der Waals surface area (Å²) in [6.07, 6.45) is 2.21. The molecule has 42 heavy (non-hydrogen) atoms. The Morgan fingerprint density at radius 2 is 1.86 bits per heavy atom. The zero-order chi connectivity index (χ0) is 29.6. The van der Waals surface area contributed by atoms with Crippen LogP contribution in [-0.4, -0.2) is 42.6 Å². The number of H-pyrrole nitrogens is 1. The van der Waals surface area contributed by atoms with E-state index >= 15 is 0 Å². The Balaban J connectivity index is 1.35. The number of amides is 1. The van der Waals surface area contributed by atoms with Crippen LogP contribution in [0.2, 0.25) is 0 Å². The number of ether oxygens (including phenoxy) is 2. The van der Waals surface area contributed by atoms with Gasteiger partial charge in [0.25, 0.3) is 0 Å². The van der Waals surface area contributed by atoms with Crippen LogP contribution in [0.25, 0.3) is 32.9 Å². The molecule has 0 bridgehead atoms. The maximum absolute atomic E-state index is 12.9. The van der Waals surface area contributed by atoms with Gasteiger partial charge in [0.1, 0.15) is 0 Å². The molecule has 1 atom stereocenters. The monoisotopic (exact) mass is 585 g/mol. The van der Waals surface area contributed by atoms with E-state index in [1.54, 1.807) is 30.5 Å². The first kappa shape index (κ1) is 27.6. The minimum absolute atomic E-state index is 0.0316. The first-order valence-corrected chi connectivity index (χ1v) is 15.5. The lowest BCUT2D eigenvalue weighted by Crippen LogP contribution is -2.39. The third-order valence-corrected chi connectivity index (χ3v) is 8.85. The summed E-state index contributed by atoms with van der Waals surface area (Å²) in [5, 5.41) is 13.3. The van der Waals surface area contributed by atoms with Crippen LogP contribution in [0.4, 0.5) is 0 Å². The van der Waals surface area contributed by atoms with Crippen LogP contribution in [0.5, 0.6) is 17.4 Å². The predicted molar refractivity (Wildman–Crippen MR) is 161 cm³/mol. The Labute approximate surface area is 243 Å². The summed E-state index contributed by atoms with van der Waals surface area (Å²) < 4.78 is 39.9. The number of benzene rings is 3. The SMILES string of the molecule is CCOc1c(O)c2c(-c3ccc(CS(=O)(=O)NC(=O)C4Cc5ccccc54)cc3C)[nH]c(OCC)c2c2ncccc12. The molecule has 0 radical (unpaired) electrons. The number of hydrogen-bond donors (Lipinski definition) is 3. The van der Waals surface area contributed by atoms with Crippen LogP contribution in [0.15, 0.2) is 60.8 Å². The Morgan fingerprint density at radius 1 is 1.07 bits per heavy atom. The maximum Gasteiger partial charge on any atom is 0.241 e. The number of sulfonamides is 1. The fourth-order valence-corrected chi connectivity index (χ4v) is 6.92. The number of phenols is 1. The summed E-state index contributed by atoms with van der Waals surface area (Å²) in [4.78, 5) is 20.6. The fraction of sp³-hybridized carbons (Fsp3) is 0.250. The average Bonchev–Trinajstić information content (AvgIpc) is 3.30. The van der Waals surface area contributed by atoms with Crippen molar-refractivity contribution in [2.75, 3.05) is 13.2 Å². The molecular weight excluding hydrogens is 554 g/mol. The molecule has 6 rings (SSSR count). The van der Waals surface area contributed by atoms with Crippen LogP contribution in [0.1, 0.15) is 42.0 Å². The second-order valence-corrected chi connectivity index (χ2v) is 12.1. The maximum atomic E-state index is 12.9. The van der Waals surface area contributed by atoms with E-state index < -0.39 is 21.8 Å². The summed E-state index contributed by atoms with van der Waals surface area (Å²) in [5.41, 5.74) is 5.20. The summed E-state index contributed by atoms with van der Waals surface area (Å²) in [7, 11) is -3.92. The average molecular weight is 586 g/mol. The minimum Gasteiger partial charge on any atom is -0.504 e. The van der Waals surface area contributed by atoms with Gasteiger partial charge in [0.15, 0.2) is 11.5 Å². The van der Waals surface area contributed by atoms with Gasteiger partial charge in [-0.3, -0.25) is 14.5 Å². The van der Waals surface area contributed by atoms with Crippen LogP contribution < -0.4 is 14.2 Å². The summed E-state index contributed by atoms with van der Waals surface area (Å²) in [5.74, 6) is -0.545. The smallest absolute Gasteiger partial charge is 0.241 e. The molecule has 1 aliphatic rings. The number of pyridine rings is 1. The third kappa shape index (κ3) is 4.71. The van der Waals surface area contributed by atoms with Crippen LogP contribution in [0, 0.1) is 6.92 Å². The van der Waals surface area contributed by atoms with Gasteiger partial charge in [-0.25, -0.2) is 8.42 Å². The standard InChI is InChI=1S/C32H31N3O6S/c1-4-40-30-23-11-8-14-33-27(23)26-25(29(30)36)28(34-32(26)41-5-2)21-13-12-19(15-18(21)3)17-42(38,39)35-31(37)24-16-20-9-6-7-10-22(20)24/h6-15,24,34,36H,4-5,16-17H2,1-3H3,(H,35,37). The molecular formula is C32H31N3O6S. The molecule has 216 valence electrons. The number of carbonyl (C=O) groups is 1. The number of nitrogens with zero attached hydrogens (tertiary/aromatic N) is 1. The van der Waals surface area contributed by atoms with Crippen molar-refractivity contribution >= 4 is 37.6 Å². The topological polar surface area (TPSA) is 131 Å². The van der Waals surface area contributed by atoms with Crippen molar-refractivity contribution in [3.63, 3.8) is 0 Å². The Morgan fingerprint density at radius 3 is 2.60 bits per heavy atom. The second kappa shape index (κ2) is 10.7. The van der Waals surface area contributed by atoms with E-state index in [2.05, 4.69) is 14.7 Å². The lowest BCUT2D eigenvalue weighted by molar-refractivity contribution is -0.121. The van der Waals surface area contributed by atoms with Gasteiger partial charge in [-0.1, -0.05) is 42.5 Å². The molecule has 3 aromatic carbocycles. The third-order valence-electron chi connectivity index (χ3n) is 7.63. The minimum atomic E-state index is -3.92. The Bertz CT molecular complexity index is 1960. The number of aromatic nitrogens is 2. The second-order valence-electron chi connectivity index (χ2n) is 10.4. The molecule has 0 aliphatic heterocycles. The molecule has 9 nitrogen and oxygen atoms in total. The molecule has 0 spiro atoms. The highest BCUT2D eigenvalue weighted by molar-refractivity contribution is 7.89. The Hall–Kier alpha value is -4.57. The first-order valence-electron chi connectivity index (χ1n) is 13.8. The highest BCUT2D eigenvalue weighted by atomic mass is 32.2. The molecule has 10 heteroatoms. The van der Waals surface area contributed by atoms with Gasteiger partial charge in [-0.15, -0.1) is 0 Å².